The lowest BCUT2D eigenvalue weighted by Gasteiger charge is -2.43. The van der Waals surface area contributed by atoms with Crippen molar-refractivity contribution in [2.24, 2.45) is 35.5 Å². The molecule has 0 radical (unpaired) electrons. The number of piperidine rings is 1. The summed E-state index contributed by atoms with van der Waals surface area (Å²) in [6.45, 7) is 13.7. The predicted molar refractivity (Wildman–Crippen MR) is 290 cm³/mol. The summed E-state index contributed by atoms with van der Waals surface area (Å²) in [4.78, 5) is 73.1. The minimum atomic E-state index is -2.46. The molecule has 424 valence electrons. The largest absolute Gasteiger partial charge is 0.460 e. The molecule has 4 aliphatic rings. The van der Waals surface area contributed by atoms with Crippen molar-refractivity contribution >= 4 is 29.2 Å². The third-order valence-electron chi connectivity index (χ3n) is 16.4. The van der Waals surface area contributed by atoms with E-state index in [1.165, 1.54) is 12.0 Å². The lowest BCUT2D eigenvalue weighted by molar-refractivity contribution is -0.266. The lowest BCUT2D eigenvalue weighted by atomic mass is 9.78. The zero-order valence-electron chi connectivity index (χ0n) is 46.9. The van der Waals surface area contributed by atoms with Gasteiger partial charge < -0.3 is 48.6 Å². The first-order valence-corrected chi connectivity index (χ1v) is 28.2. The van der Waals surface area contributed by atoms with Gasteiger partial charge in [-0.1, -0.05) is 101 Å². The second kappa shape index (κ2) is 30.8. The molecular formula is C61H91NO14. The Balaban J connectivity index is 1.47. The molecule has 2 bridgehead atoms. The number of aliphatic hydroxyl groups is 3. The van der Waals surface area contributed by atoms with E-state index in [-0.39, 0.29) is 67.5 Å². The van der Waals surface area contributed by atoms with Crippen LogP contribution >= 0.6 is 0 Å². The van der Waals surface area contributed by atoms with Crippen LogP contribution in [-0.4, -0.2) is 145 Å². The number of aliphatic hydroxyl groups excluding tert-OH is 2. The molecule has 2 saturated heterocycles. The molecule has 5 rings (SSSR count). The van der Waals surface area contributed by atoms with Gasteiger partial charge in [-0.2, -0.15) is 0 Å². The van der Waals surface area contributed by atoms with Gasteiger partial charge in [0.2, 0.25) is 5.79 Å². The Labute approximate surface area is 452 Å². The number of carbonyl (C=O) groups excluding carboxylic acids is 5. The second-order valence-electron chi connectivity index (χ2n) is 22.4. The van der Waals surface area contributed by atoms with Gasteiger partial charge in [-0.05, 0) is 125 Å². The average Bonchev–Trinajstić information content (AvgIpc) is 3.41. The van der Waals surface area contributed by atoms with Gasteiger partial charge >= 0.3 is 5.97 Å². The molecule has 0 aromatic heterocycles. The summed E-state index contributed by atoms with van der Waals surface area (Å²) in [6.07, 6.45) is 13.3. The lowest BCUT2D eigenvalue weighted by Crippen LogP contribution is -2.61. The fourth-order valence-electron chi connectivity index (χ4n) is 11.5. The van der Waals surface area contributed by atoms with Gasteiger partial charge in [0.1, 0.15) is 30.1 Å². The molecule has 3 heterocycles. The first-order chi connectivity index (χ1) is 36.3. The van der Waals surface area contributed by atoms with Crippen molar-refractivity contribution in [3.05, 3.63) is 83.5 Å². The van der Waals surface area contributed by atoms with E-state index >= 15 is 0 Å². The highest BCUT2D eigenvalue weighted by Gasteiger charge is 2.53. The number of nitrogens with zero attached hydrogens (tertiary/aromatic N) is 1. The van der Waals surface area contributed by atoms with Crippen LogP contribution in [0.25, 0.3) is 0 Å². The summed E-state index contributed by atoms with van der Waals surface area (Å²) >= 11 is 0. The number of fused-ring (bicyclic) bond motifs is 3. The molecule has 1 amide bonds. The summed E-state index contributed by atoms with van der Waals surface area (Å²) in [7, 11) is 3.04. The van der Waals surface area contributed by atoms with Gasteiger partial charge in [0.05, 0.1) is 31.0 Å². The minimum absolute atomic E-state index is 0.0000723. The molecule has 1 aromatic carbocycles. The van der Waals surface area contributed by atoms with Crippen LogP contribution in [0.4, 0.5) is 0 Å². The minimum Gasteiger partial charge on any atom is -0.460 e. The SMILES string of the molecule is CO[C@@H]1C[C@H](C[C@@H](C)[C@@H]2CC(=O)[C@H](C)/C=C(\C)[C@@H](O)[C@@H](OC)C(=O)[C@H](C)C[C@H](C)/C=C/C=C/C=C(\C)C(OCCc3ccccc3)C[C@@H]3CC[C@@H](C)[C@@](O)(O3)C(=O)C(=O)N3CCCCC3C(=O)O2)CC[C@H]1OCCCO. The normalized spacial score (nSPS) is 36.2. The molecule has 15 atom stereocenters. The van der Waals surface area contributed by atoms with E-state index in [1.54, 1.807) is 34.0 Å². The van der Waals surface area contributed by atoms with Crippen LogP contribution in [0.15, 0.2) is 77.9 Å². The zero-order valence-corrected chi connectivity index (χ0v) is 46.9. The first kappa shape index (κ1) is 62.7. The number of amides is 1. The number of rotatable bonds is 13. The second-order valence-corrected chi connectivity index (χ2v) is 22.4. The Hall–Kier alpha value is -4.19. The Kier molecular flexibility index (Phi) is 25.4. The first-order valence-electron chi connectivity index (χ1n) is 28.2. The Morgan fingerprint density at radius 3 is 2.29 bits per heavy atom. The number of cyclic esters (lactones) is 1. The van der Waals surface area contributed by atoms with E-state index in [1.807, 2.05) is 88.4 Å². The molecule has 3 N–H and O–H groups in total. The molecule has 1 saturated carbocycles. The summed E-state index contributed by atoms with van der Waals surface area (Å²) in [5, 5.41) is 33.1. The molecule has 3 aliphatic heterocycles. The van der Waals surface area contributed by atoms with Crippen LogP contribution in [-0.2, 0) is 58.8 Å². The van der Waals surface area contributed by atoms with E-state index < -0.39 is 77.8 Å². The third-order valence-corrected chi connectivity index (χ3v) is 16.4. The molecule has 15 nitrogen and oxygen atoms in total. The number of hydrogen-bond acceptors (Lipinski definition) is 14. The fourth-order valence-corrected chi connectivity index (χ4v) is 11.5. The highest BCUT2D eigenvalue weighted by atomic mass is 16.6. The van der Waals surface area contributed by atoms with Crippen molar-refractivity contribution in [2.45, 2.75) is 193 Å². The monoisotopic (exact) mass is 1060 g/mol. The van der Waals surface area contributed by atoms with E-state index in [0.717, 1.165) is 24.0 Å². The molecule has 1 aromatic rings. The molecule has 0 spiro atoms. The van der Waals surface area contributed by atoms with Crippen molar-refractivity contribution in [1.29, 1.82) is 0 Å². The van der Waals surface area contributed by atoms with Crippen molar-refractivity contribution in [1.82, 2.24) is 4.90 Å². The van der Waals surface area contributed by atoms with Gasteiger partial charge in [-0.25, -0.2) is 4.79 Å². The Bertz CT molecular complexity index is 2160. The van der Waals surface area contributed by atoms with Crippen LogP contribution in [0.5, 0.6) is 0 Å². The molecule has 2 unspecified atom stereocenters. The van der Waals surface area contributed by atoms with Crippen LogP contribution in [0, 0.1) is 35.5 Å². The van der Waals surface area contributed by atoms with E-state index in [9.17, 15) is 39.3 Å². The van der Waals surface area contributed by atoms with Gasteiger partial charge in [0.15, 0.2) is 5.78 Å². The molecule has 76 heavy (non-hydrogen) atoms. The van der Waals surface area contributed by atoms with Crippen LogP contribution in [0.3, 0.4) is 0 Å². The average molecular weight is 1060 g/mol. The van der Waals surface area contributed by atoms with Crippen LogP contribution in [0.2, 0.25) is 0 Å². The summed E-state index contributed by atoms with van der Waals surface area (Å²) in [5.41, 5.74) is 2.39. The molecular weight excluding hydrogens is 971 g/mol. The Morgan fingerprint density at radius 1 is 0.829 bits per heavy atom. The van der Waals surface area contributed by atoms with E-state index in [0.29, 0.717) is 83.0 Å². The van der Waals surface area contributed by atoms with E-state index in [2.05, 4.69) is 0 Å². The maximum atomic E-state index is 14.6. The van der Waals surface area contributed by atoms with Crippen LogP contribution in [0.1, 0.15) is 138 Å². The number of Topliss-reactive ketones (excluding diaryl/α,β-unsaturated/α-hetero) is 3. The van der Waals surface area contributed by atoms with Crippen molar-refractivity contribution in [3.8, 4) is 0 Å². The van der Waals surface area contributed by atoms with Crippen molar-refractivity contribution in [2.75, 3.05) is 40.6 Å². The Morgan fingerprint density at radius 2 is 1.58 bits per heavy atom. The quantitative estimate of drug-likeness (QED) is 0.0738. The zero-order chi connectivity index (χ0) is 55.5. The summed E-state index contributed by atoms with van der Waals surface area (Å²) < 4.78 is 36.8. The predicted octanol–water partition coefficient (Wildman–Crippen LogP) is 8.20. The van der Waals surface area contributed by atoms with Crippen molar-refractivity contribution < 1.29 is 67.7 Å². The smallest absolute Gasteiger partial charge is 0.329 e. The molecule has 3 fully saturated rings. The fraction of sp³-hybridized carbons (Fsp3) is 0.689. The highest BCUT2D eigenvalue weighted by molar-refractivity contribution is 6.39. The maximum absolute atomic E-state index is 14.6. The summed E-state index contributed by atoms with van der Waals surface area (Å²) in [6, 6.07) is 8.84. The molecule has 15 heteroatoms. The van der Waals surface area contributed by atoms with Crippen LogP contribution < -0.4 is 0 Å². The number of ketones is 3. The number of esters is 1. The highest BCUT2D eigenvalue weighted by Crippen LogP contribution is 2.38. The standard InChI is InChI=1S/C61H91NO14/c1-39-19-12-10-13-20-40(2)52(74-32-28-46-21-14-11-15-22-46)37-48-26-24-45(7)61(70,76-48)58(67)59(68)62-29-17-16-23-49(62)60(69)75-53(42(4)35-47-25-27-51(54(36-47)71-8)73-31-18-30-63)38-50(64)41(3)34-44(6)56(66)57(72-9)55(65)43(5)33-39/h10-15,19-22,34,39,41-43,45,47-49,51-54,56-57,63,66,70H,16-18,23-33,35-38H2,1-9H3/b13-10+,19-12+,40-20+,44-34+/t39-,41-,42-,43-,45-,47+,48+,49?,51-,52?,53+,54-,56-,57+,61-/m1/s1. The number of allylic oxidation sites excluding steroid dienone is 6. The maximum Gasteiger partial charge on any atom is 0.329 e. The number of carbonyl (C=O) groups is 5. The van der Waals surface area contributed by atoms with Gasteiger partial charge in [0.25, 0.3) is 11.7 Å². The number of methoxy groups -OCH3 is 2. The van der Waals surface area contributed by atoms with E-state index in [4.69, 9.17) is 28.4 Å². The van der Waals surface area contributed by atoms with Gasteiger partial charge in [0, 0.05) is 64.6 Å². The number of benzene rings is 1. The third kappa shape index (κ3) is 17.7. The van der Waals surface area contributed by atoms with Gasteiger partial charge in [-0.3, -0.25) is 19.2 Å². The number of ether oxygens (including phenoxy) is 6. The van der Waals surface area contributed by atoms with Crippen molar-refractivity contribution in [3.63, 3.8) is 0 Å². The topological polar surface area (TPSA) is 205 Å². The molecule has 1 aliphatic carbocycles. The number of hydrogen-bond donors (Lipinski definition) is 3. The summed E-state index contributed by atoms with van der Waals surface area (Å²) in [5.74, 6) is -8.04. The van der Waals surface area contributed by atoms with Gasteiger partial charge in [-0.15, -0.1) is 0 Å².